The van der Waals surface area contributed by atoms with Crippen LogP contribution in [0.3, 0.4) is 0 Å². The predicted molar refractivity (Wildman–Crippen MR) is 111 cm³/mol. The maximum absolute atomic E-state index is 13.8. The van der Waals surface area contributed by atoms with Gasteiger partial charge in [0, 0.05) is 32.0 Å². The molecule has 4 N–H and O–H groups in total. The van der Waals surface area contributed by atoms with E-state index in [9.17, 15) is 19.0 Å². The van der Waals surface area contributed by atoms with Crippen LogP contribution in [-0.4, -0.2) is 50.5 Å². The summed E-state index contributed by atoms with van der Waals surface area (Å²) in [6.45, 7) is 2.62. The molecule has 0 aliphatic carbocycles. The van der Waals surface area contributed by atoms with E-state index in [1.165, 1.54) is 25.3 Å². The monoisotopic (exact) mass is 431 g/mol. The Kier molecular flexibility index (Phi) is 5.84. The van der Waals surface area contributed by atoms with Gasteiger partial charge in [-0.05, 0) is 25.1 Å². The first-order valence-electron chi connectivity index (χ1n) is 9.98. The molecule has 0 spiro atoms. The van der Waals surface area contributed by atoms with E-state index in [2.05, 4.69) is 15.0 Å². The number of fused-ring (bicyclic) bond motifs is 1. The molecule has 31 heavy (non-hydrogen) atoms. The molecule has 3 heterocycles. The second kappa shape index (κ2) is 8.56. The highest BCUT2D eigenvalue weighted by atomic mass is 19.1. The number of benzene rings is 1. The molecule has 1 aliphatic heterocycles. The van der Waals surface area contributed by atoms with Crippen LogP contribution < -0.4 is 15.4 Å². The summed E-state index contributed by atoms with van der Waals surface area (Å²) < 4.78 is 32.6. The van der Waals surface area contributed by atoms with Crippen molar-refractivity contribution >= 4 is 22.7 Å². The van der Waals surface area contributed by atoms with Crippen molar-refractivity contribution in [2.24, 2.45) is 0 Å². The molecule has 164 valence electrons. The number of aromatic nitrogens is 3. The third-order valence-corrected chi connectivity index (χ3v) is 5.27. The van der Waals surface area contributed by atoms with E-state index in [1.54, 1.807) is 6.07 Å². The molecule has 0 bridgehead atoms. The van der Waals surface area contributed by atoms with Gasteiger partial charge in [0.05, 0.1) is 23.5 Å². The molecule has 2 aromatic heterocycles. The summed E-state index contributed by atoms with van der Waals surface area (Å²) >= 11 is 0. The molecular weight excluding hydrogens is 408 g/mol. The fourth-order valence-electron chi connectivity index (χ4n) is 3.56. The van der Waals surface area contributed by atoms with Crippen LogP contribution in [0.15, 0.2) is 30.5 Å². The normalized spacial score (nSPS) is 17.0. The van der Waals surface area contributed by atoms with Crippen LogP contribution in [-0.2, 0) is 0 Å². The van der Waals surface area contributed by atoms with Crippen molar-refractivity contribution in [3.63, 3.8) is 0 Å². The lowest BCUT2D eigenvalue weighted by atomic mass is 10.1. The van der Waals surface area contributed by atoms with Crippen LogP contribution in [0.2, 0.25) is 0 Å². The smallest absolute Gasteiger partial charge is 0.172 e. The summed E-state index contributed by atoms with van der Waals surface area (Å²) in [6.07, 6.45) is 0.386. The van der Waals surface area contributed by atoms with E-state index in [0.29, 0.717) is 42.8 Å². The van der Waals surface area contributed by atoms with Crippen LogP contribution in [0.5, 0.6) is 5.75 Å². The number of aliphatic hydroxyl groups excluding tert-OH is 2. The number of rotatable bonds is 5. The summed E-state index contributed by atoms with van der Waals surface area (Å²) in [6, 6.07) is 4.81. The lowest BCUT2D eigenvalue weighted by Crippen LogP contribution is -2.39. The van der Waals surface area contributed by atoms with E-state index in [-0.39, 0.29) is 23.4 Å². The van der Waals surface area contributed by atoms with Gasteiger partial charge >= 0.3 is 0 Å². The summed E-state index contributed by atoms with van der Waals surface area (Å²) in [5, 5.41) is 19.5. The van der Waals surface area contributed by atoms with E-state index in [4.69, 9.17) is 10.5 Å². The zero-order chi connectivity index (χ0) is 22.1. The highest BCUT2D eigenvalue weighted by molar-refractivity contribution is 5.79. The minimum atomic E-state index is -1.13. The van der Waals surface area contributed by atoms with Crippen LogP contribution in [0, 0.1) is 11.6 Å². The quantitative estimate of drug-likeness (QED) is 0.564. The van der Waals surface area contributed by atoms with E-state index < -0.39 is 23.8 Å². The topological polar surface area (TPSA) is 118 Å². The number of aliphatic hydroxyl groups is 2. The van der Waals surface area contributed by atoms with Crippen LogP contribution in [0.25, 0.3) is 11.0 Å². The zero-order valence-corrected chi connectivity index (χ0v) is 16.9. The number of hydrogen-bond acceptors (Lipinski definition) is 8. The maximum Gasteiger partial charge on any atom is 0.172 e. The Morgan fingerprint density at radius 1 is 1.13 bits per heavy atom. The van der Waals surface area contributed by atoms with E-state index in [1.807, 2.05) is 4.90 Å². The highest BCUT2D eigenvalue weighted by Gasteiger charge is 2.25. The molecule has 3 aromatic rings. The Morgan fingerprint density at radius 3 is 2.55 bits per heavy atom. The molecule has 8 nitrogen and oxygen atoms in total. The second-order valence-electron chi connectivity index (χ2n) is 7.59. The molecule has 10 heteroatoms. The summed E-state index contributed by atoms with van der Waals surface area (Å²) in [5.74, 6) is -0.581. The predicted octanol–water partition coefficient (Wildman–Crippen LogP) is 2.35. The summed E-state index contributed by atoms with van der Waals surface area (Å²) in [5.41, 5.74) is 7.40. The van der Waals surface area contributed by atoms with Crippen molar-refractivity contribution < 1.29 is 23.7 Å². The lowest BCUT2D eigenvalue weighted by molar-refractivity contribution is 0.0279. The lowest BCUT2D eigenvalue weighted by Gasteiger charge is -2.33. The van der Waals surface area contributed by atoms with Crippen LogP contribution in [0.1, 0.15) is 31.6 Å². The number of ether oxygens (including phenoxy) is 1. The molecule has 4 rings (SSSR count). The van der Waals surface area contributed by atoms with Crippen molar-refractivity contribution in [1.82, 2.24) is 15.0 Å². The first-order chi connectivity index (χ1) is 14.8. The fraction of sp³-hybridized carbons (Fsp3) is 0.381. The largest absolute Gasteiger partial charge is 0.487 e. The van der Waals surface area contributed by atoms with Gasteiger partial charge in [-0.1, -0.05) is 0 Å². The average Bonchev–Trinajstić information content (AvgIpc) is 2.75. The molecule has 2 unspecified atom stereocenters. The fourth-order valence-corrected chi connectivity index (χ4v) is 3.56. The van der Waals surface area contributed by atoms with Gasteiger partial charge in [0.2, 0.25) is 0 Å². The first kappa shape index (κ1) is 21.1. The summed E-state index contributed by atoms with van der Waals surface area (Å²) in [7, 11) is 0. The van der Waals surface area contributed by atoms with Gasteiger partial charge in [0.25, 0.3) is 0 Å². The Labute approximate surface area is 177 Å². The highest BCUT2D eigenvalue weighted by Crippen LogP contribution is 2.28. The Morgan fingerprint density at radius 2 is 1.87 bits per heavy atom. The van der Waals surface area contributed by atoms with E-state index in [0.717, 1.165) is 6.07 Å². The van der Waals surface area contributed by atoms with Crippen molar-refractivity contribution in [2.75, 3.05) is 23.7 Å². The van der Waals surface area contributed by atoms with Gasteiger partial charge in [-0.3, -0.25) is 4.98 Å². The Balaban J connectivity index is 1.47. The minimum Gasteiger partial charge on any atom is -0.487 e. The van der Waals surface area contributed by atoms with Crippen molar-refractivity contribution in [3.8, 4) is 5.75 Å². The number of anilines is 2. The number of nitrogens with two attached hydrogens (primary N) is 1. The van der Waals surface area contributed by atoms with Gasteiger partial charge < -0.3 is 25.6 Å². The number of halogens is 2. The number of nitrogens with zero attached hydrogens (tertiary/aromatic N) is 4. The number of piperidine rings is 1. The molecule has 0 saturated carbocycles. The molecule has 1 aromatic carbocycles. The molecule has 0 amide bonds. The molecule has 1 saturated heterocycles. The van der Waals surface area contributed by atoms with Gasteiger partial charge in [-0.25, -0.2) is 18.7 Å². The number of hydrogen-bond donors (Lipinski definition) is 3. The average molecular weight is 431 g/mol. The van der Waals surface area contributed by atoms with Crippen molar-refractivity contribution in [2.45, 2.75) is 38.1 Å². The molecule has 2 atom stereocenters. The number of pyridine rings is 1. The van der Waals surface area contributed by atoms with E-state index >= 15 is 0 Å². The van der Waals surface area contributed by atoms with Gasteiger partial charge in [0.1, 0.15) is 23.5 Å². The number of nitrogen functional groups attached to an aromatic ring is 1. The molecule has 1 aliphatic rings. The molecule has 0 radical (unpaired) electrons. The van der Waals surface area contributed by atoms with Crippen LogP contribution >= 0.6 is 0 Å². The summed E-state index contributed by atoms with van der Waals surface area (Å²) in [4.78, 5) is 15.1. The second-order valence-corrected chi connectivity index (χ2v) is 7.59. The first-order valence-corrected chi connectivity index (χ1v) is 9.98. The van der Waals surface area contributed by atoms with Crippen molar-refractivity contribution in [1.29, 1.82) is 0 Å². The maximum atomic E-state index is 13.8. The standard InChI is InChI=1S/C21H23F2N5O3/c1-11(29)19(30)16-9-15-17(10-25-16)27-21(20(24)26-15)28-6-4-13(5-7-28)31-18-3-2-12(22)8-14(18)23/h2-3,8-11,13,19,29-30H,4-7H2,1H3,(H2,24,26). The Bertz CT molecular complexity index is 1090. The SMILES string of the molecule is CC(O)C(O)c1cc2nc(N)c(N3CCC(Oc4ccc(F)cc4F)CC3)nc2cn1. The minimum absolute atomic E-state index is 0.0334. The molecular formula is C21H23F2N5O3. The van der Waals surface area contributed by atoms with Crippen LogP contribution in [0.4, 0.5) is 20.4 Å². The third kappa shape index (κ3) is 4.49. The molecule has 1 fully saturated rings. The van der Waals surface area contributed by atoms with Crippen molar-refractivity contribution in [3.05, 3.63) is 47.8 Å². The third-order valence-electron chi connectivity index (χ3n) is 5.27. The van der Waals surface area contributed by atoms with Gasteiger partial charge in [-0.15, -0.1) is 0 Å². The van der Waals surface area contributed by atoms with Gasteiger partial charge in [0.15, 0.2) is 23.2 Å². The van der Waals surface area contributed by atoms with Gasteiger partial charge in [-0.2, -0.15) is 0 Å². The Hall–Kier alpha value is -3.11. The zero-order valence-electron chi connectivity index (χ0n) is 16.9.